The Morgan fingerprint density at radius 3 is 2.36 bits per heavy atom. The van der Waals surface area contributed by atoms with Gasteiger partial charge in [-0.15, -0.1) is 0 Å². The Hall–Kier alpha value is -2.31. The van der Waals surface area contributed by atoms with E-state index in [4.69, 9.17) is 23.2 Å². The fourth-order valence-corrected chi connectivity index (χ4v) is 3.13. The average Bonchev–Trinajstić information content (AvgIpc) is 3.11. The number of nitro benzene ring substituents is 1. The number of hydrogen-bond acceptors (Lipinski definition) is 4. The van der Waals surface area contributed by atoms with Crippen molar-refractivity contribution in [3.63, 3.8) is 0 Å². The topological polar surface area (TPSA) is 75.5 Å². The number of benzene rings is 2. The van der Waals surface area contributed by atoms with E-state index in [1.54, 1.807) is 30.3 Å². The third-order valence-corrected chi connectivity index (χ3v) is 4.63. The zero-order valence-corrected chi connectivity index (χ0v) is 14.7. The number of nitrogens with zero attached hydrogens (tertiary/aromatic N) is 2. The Kier molecular flexibility index (Phi) is 5.11. The first-order valence-electron chi connectivity index (χ1n) is 7.75. The summed E-state index contributed by atoms with van der Waals surface area (Å²) in [6.07, 6.45) is 1.96. The molecule has 2 aromatic carbocycles. The molecule has 0 atom stereocenters. The number of anilines is 2. The van der Waals surface area contributed by atoms with Crippen molar-refractivity contribution in [2.75, 3.05) is 23.3 Å². The van der Waals surface area contributed by atoms with Crippen LogP contribution in [0.5, 0.6) is 0 Å². The molecule has 6 nitrogen and oxygen atoms in total. The van der Waals surface area contributed by atoms with Crippen LogP contribution in [-0.4, -0.2) is 23.9 Å². The van der Waals surface area contributed by atoms with Crippen LogP contribution in [0.4, 0.5) is 17.1 Å². The molecule has 1 saturated heterocycles. The van der Waals surface area contributed by atoms with E-state index >= 15 is 0 Å². The highest BCUT2D eigenvalue weighted by molar-refractivity contribution is 6.34. The molecular formula is C17H15Cl2N3O3. The number of amides is 1. The lowest BCUT2D eigenvalue weighted by atomic mass is 10.2. The second kappa shape index (κ2) is 7.29. The van der Waals surface area contributed by atoms with E-state index in [9.17, 15) is 14.9 Å². The quantitative estimate of drug-likeness (QED) is 0.613. The van der Waals surface area contributed by atoms with Gasteiger partial charge in [0.15, 0.2) is 0 Å². The van der Waals surface area contributed by atoms with Gasteiger partial charge < -0.3 is 10.2 Å². The van der Waals surface area contributed by atoms with Crippen molar-refractivity contribution in [2.24, 2.45) is 0 Å². The van der Waals surface area contributed by atoms with Gasteiger partial charge in [0, 0.05) is 29.7 Å². The molecule has 0 radical (unpaired) electrons. The summed E-state index contributed by atoms with van der Waals surface area (Å²) in [6, 6.07) is 9.27. The minimum absolute atomic E-state index is 0.0589. The van der Waals surface area contributed by atoms with E-state index in [2.05, 4.69) is 5.32 Å². The van der Waals surface area contributed by atoms with Crippen LogP contribution in [0.15, 0.2) is 36.4 Å². The Balaban J connectivity index is 1.92. The fraction of sp³-hybridized carbons (Fsp3) is 0.235. The highest BCUT2D eigenvalue weighted by Crippen LogP contribution is 2.38. The van der Waals surface area contributed by atoms with Crippen LogP contribution >= 0.6 is 23.2 Å². The zero-order valence-electron chi connectivity index (χ0n) is 13.2. The molecule has 0 saturated carbocycles. The standard InChI is InChI=1S/C17H15Cl2N3O3/c18-12-5-3-11(4-6-12)17(23)20-14-10-15(21-7-1-2-8-21)16(22(24)25)9-13(14)19/h3-6,9-10H,1-2,7-8H2,(H,20,23). The fourth-order valence-electron chi connectivity index (χ4n) is 2.80. The van der Waals surface area contributed by atoms with Crippen LogP contribution in [0, 0.1) is 10.1 Å². The third kappa shape index (κ3) is 3.86. The Bertz CT molecular complexity index is 819. The first-order valence-corrected chi connectivity index (χ1v) is 8.51. The summed E-state index contributed by atoms with van der Waals surface area (Å²) in [5.74, 6) is -0.361. The summed E-state index contributed by atoms with van der Waals surface area (Å²) in [5, 5.41) is 14.7. The van der Waals surface area contributed by atoms with E-state index < -0.39 is 4.92 Å². The molecule has 1 heterocycles. The molecular weight excluding hydrogens is 365 g/mol. The minimum Gasteiger partial charge on any atom is -0.366 e. The normalized spacial score (nSPS) is 13.8. The summed E-state index contributed by atoms with van der Waals surface area (Å²) in [5.41, 5.74) is 1.17. The molecule has 0 aromatic heterocycles. The monoisotopic (exact) mass is 379 g/mol. The van der Waals surface area contributed by atoms with Gasteiger partial charge in [0.25, 0.3) is 11.6 Å². The number of rotatable bonds is 4. The molecule has 1 amide bonds. The Morgan fingerprint density at radius 1 is 1.12 bits per heavy atom. The Labute approximate surface area is 154 Å². The molecule has 2 aromatic rings. The predicted molar refractivity (Wildman–Crippen MR) is 99.0 cm³/mol. The first kappa shape index (κ1) is 17.5. The van der Waals surface area contributed by atoms with Crippen molar-refractivity contribution in [3.05, 3.63) is 62.1 Å². The van der Waals surface area contributed by atoms with Crippen molar-refractivity contribution >= 4 is 46.2 Å². The van der Waals surface area contributed by atoms with E-state index in [-0.39, 0.29) is 16.6 Å². The number of hydrogen-bond donors (Lipinski definition) is 1. The molecule has 0 unspecified atom stereocenters. The van der Waals surface area contributed by atoms with Crippen LogP contribution in [0.1, 0.15) is 23.2 Å². The summed E-state index contributed by atoms with van der Waals surface area (Å²) < 4.78 is 0. The molecule has 1 N–H and O–H groups in total. The summed E-state index contributed by atoms with van der Waals surface area (Å²) in [6.45, 7) is 1.49. The smallest absolute Gasteiger partial charge is 0.294 e. The lowest BCUT2D eigenvalue weighted by molar-refractivity contribution is -0.384. The van der Waals surface area contributed by atoms with Crippen molar-refractivity contribution in [3.8, 4) is 0 Å². The SMILES string of the molecule is O=C(Nc1cc(N2CCCC2)c([N+](=O)[O-])cc1Cl)c1ccc(Cl)cc1. The van der Waals surface area contributed by atoms with E-state index in [0.717, 1.165) is 25.9 Å². The first-order chi connectivity index (χ1) is 12.0. The molecule has 3 rings (SSSR count). The van der Waals surface area contributed by atoms with Crippen LogP contribution in [0.25, 0.3) is 0 Å². The molecule has 130 valence electrons. The number of nitrogens with one attached hydrogen (secondary N) is 1. The summed E-state index contributed by atoms with van der Waals surface area (Å²) in [4.78, 5) is 25.2. The molecule has 1 aliphatic rings. The van der Waals surface area contributed by atoms with Gasteiger partial charge in [0.2, 0.25) is 0 Å². The largest absolute Gasteiger partial charge is 0.366 e. The number of halogens is 2. The molecule has 0 spiro atoms. The molecule has 25 heavy (non-hydrogen) atoms. The average molecular weight is 380 g/mol. The van der Waals surface area contributed by atoms with Crippen molar-refractivity contribution in [1.29, 1.82) is 0 Å². The van der Waals surface area contributed by atoms with E-state index in [0.29, 0.717) is 22.0 Å². The summed E-state index contributed by atoms with van der Waals surface area (Å²) >= 11 is 12.0. The number of nitro groups is 1. The van der Waals surface area contributed by atoms with Gasteiger partial charge in [-0.05, 0) is 43.2 Å². The lowest BCUT2D eigenvalue weighted by Crippen LogP contribution is -2.20. The highest BCUT2D eigenvalue weighted by Gasteiger charge is 2.25. The van der Waals surface area contributed by atoms with Crippen LogP contribution < -0.4 is 10.2 Å². The maximum atomic E-state index is 12.4. The maximum absolute atomic E-state index is 12.4. The lowest BCUT2D eigenvalue weighted by Gasteiger charge is -2.19. The zero-order chi connectivity index (χ0) is 18.0. The van der Waals surface area contributed by atoms with Gasteiger partial charge in [0.05, 0.1) is 15.6 Å². The van der Waals surface area contributed by atoms with Gasteiger partial charge in [-0.3, -0.25) is 14.9 Å². The second-order valence-corrected chi connectivity index (χ2v) is 6.58. The third-order valence-electron chi connectivity index (χ3n) is 4.06. The van der Waals surface area contributed by atoms with Crippen LogP contribution in [-0.2, 0) is 0 Å². The predicted octanol–water partition coefficient (Wildman–Crippen LogP) is 4.75. The maximum Gasteiger partial charge on any atom is 0.294 e. The van der Waals surface area contributed by atoms with Crippen LogP contribution in [0.3, 0.4) is 0 Å². The molecule has 0 bridgehead atoms. The van der Waals surface area contributed by atoms with Crippen molar-refractivity contribution < 1.29 is 9.72 Å². The van der Waals surface area contributed by atoms with Gasteiger partial charge in [-0.2, -0.15) is 0 Å². The molecule has 0 aliphatic carbocycles. The number of carbonyl (C=O) groups is 1. The van der Waals surface area contributed by atoms with Crippen LogP contribution in [0.2, 0.25) is 10.0 Å². The Morgan fingerprint density at radius 2 is 1.76 bits per heavy atom. The van der Waals surface area contributed by atoms with Gasteiger partial charge in [-0.1, -0.05) is 23.2 Å². The van der Waals surface area contributed by atoms with Gasteiger partial charge in [0.1, 0.15) is 5.69 Å². The highest BCUT2D eigenvalue weighted by atomic mass is 35.5. The minimum atomic E-state index is -0.454. The number of carbonyl (C=O) groups excluding carboxylic acids is 1. The van der Waals surface area contributed by atoms with Crippen molar-refractivity contribution in [2.45, 2.75) is 12.8 Å². The van der Waals surface area contributed by atoms with E-state index in [1.165, 1.54) is 6.07 Å². The van der Waals surface area contributed by atoms with Gasteiger partial charge in [-0.25, -0.2) is 0 Å². The molecule has 1 aliphatic heterocycles. The second-order valence-electron chi connectivity index (χ2n) is 5.73. The molecule has 1 fully saturated rings. The van der Waals surface area contributed by atoms with Gasteiger partial charge >= 0.3 is 0 Å². The molecule has 8 heteroatoms. The van der Waals surface area contributed by atoms with Crippen molar-refractivity contribution in [1.82, 2.24) is 0 Å². The summed E-state index contributed by atoms with van der Waals surface area (Å²) in [7, 11) is 0. The van der Waals surface area contributed by atoms with E-state index in [1.807, 2.05) is 4.90 Å².